The first-order valence-electron chi connectivity index (χ1n) is 5.95. The summed E-state index contributed by atoms with van der Waals surface area (Å²) in [6.07, 6.45) is 11.3. The molecule has 0 spiro atoms. The molecule has 1 aromatic rings. The SMILES string of the molecule is CN(C)c1nsc(/C=C/C2CCCCC2)n1. The molecule has 4 heteroatoms. The van der Waals surface area contributed by atoms with Gasteiger partial charge in [-0.25, -0.2) is 4.98 Å². The lowest BCUT2D eigenvalue weighted by Crippen LogP contribution is -2.09. The van der Waals surface area contributed by atoms with Gasteiger partial charge in [-0.2, -0.15) is 4.37 Å². The number of hydrogen-bond donors (Lipinski definition) is 0. The monoisotopic (exact) mass is 237 g/mol. The third-order valence-electron chi connectivity index (χ3n) is 2.99. The number of hydrogen-bond acceptors (Lipinski definition) is 4. The first-order chi connectivity index (χ1) is 7.75. The van der Waals surface area contributed by atoms with E-state index in [1.165, 1.54) is 43.6 Å². The highest BCUT2D eigenvalue weighted by atomic mass is 32.1. The smallest absolute Gasteiger partial charge is 0.237 e. The second kappa shape index (κ2) is 5.43. The van der Waals surface area contributed by atoms with Crippen LogP contribution in [0.15, 0.2) is 6.08 Å². The largest absolute Gasteiger partial charge is 0.346 e. The minimum atomic E-state index is 0.764. The number of nitrogens with zero attached hydrogens (tertiary/aromatic N) is 3. The van der Waals surface area contributed by atoms with Crippen LogP contribution >= 0.6 is 11.5 Å². The molecule has 1 aliphatic carbocycles. The van der Waals surface area contributed by atoms with Gasteiger partial charge in [0.25, 0.3) is 0 Å². The van der Waals surface area contributed by atoms with Gasteiger partial charge in [0.1, 0.15) is 5.01 Å². The molecular formula is C12H19N3S. The third kappa shape index (κ3) is 3.04. The van der Waals surface area contributed by atoms with E-state index >= 15 is 0 Å². The highest BCUT2D eigenvalue weighted by Crippen LogP contribution is 2.25. The van der Waals surface area contributed by atoms with Crippen LogP contribution in [0.5, 0.6) is 0 Å². The topological polar surface area (TPSA) is 29.0 Å². The molecule has 1 aliphatic rings. The van der Waals surface area contributed by atoms with Crippen LogP contribution in [0.25, 0.3) is 6.08 Å². The molecule has 0 N–H and O–H groups in total. The van der Waals surface area contributed by atoms with Crippen LogP contribution in [-0.2, 0) is 0 Å². The predicted molar refractivity (Wildman–Crippen MR) is 69.8 cm³/mol. The average Bonchev–Trinajstić information content (AvgIpc) is 2.76. The summed E-state index contributed by atoms with van der Waals surface area (Å²) in [7, 11) is 3.94. The van der Waals surface area contributed by atoms with E-state index < -0.39 is 0 Å². The highest BCUT2D eigenvalue weighted by molar-refractivity contribution is 7.06. The molecular weight excluding hydrogens is 218 g/mol. The van der Waals surface area contributed by atoms with Gasteiger partial charge in [0.15, 0.2) is 0 Å². The Bertz CT molecular complexity index is 351. The minimum absolute atomic E-state index is 0.764. The fourth-order valence-corrected chi connectivity index (χ4v) is 2.66. The van der Waals surface area contributed by atoms with Crippen molar-refractivity contribution >= 4 is 23.6 Å². The molecule has 1 fully saturated rings. The van der Waals surface area contributed by atoms with Crippen molar-refractivity contribution in [1.82, 2.24) is 9.36 Å². The summed E-state index contributed by atoms with van der Waals surface area (Å²) in [6, 6.07) is 0. The van der Waals surface area contributed by atoms with Gasteiger partial charge >= 0.3 is 0 Å². The molecule has 16 heavy (non-hydrogen) atoms. The molecule has 1 saturated carbocycles. The Morgan fingerprint density at radius 2 is 2.00 bits per heavy atom. The van der Waals surface area contributed by atoms with Crippen molar-refractivity contribution in [2.24, 2.45) is 5.92 Å². The second-order valence-electron chi connectivity index (χ2n) is 4.58. The molecule has 0 atom stereocenters. The summed E-state index contributed by atoms with van der Waals surface area (Å²) in [5.74, 6) is 1.58. The predicted octanol–water partition coefficient (Wildman–Crippen LogP) is 3.20. The standard InChI is InChI=1S/C12H19N3S/c1-15(2)12-13-11(16-14-12)9-8-10-6-4-3-5-7-10/h8-10H,3-7H2,1-2H3/b9-8+. The molecule has 0 radical (unpaired) electrons. The van der Waals surface area contributed by atoms with Gasteiger partial charge < -0.3 is 4.90 Å². The van der Waals surface area contributed by atoms with Crippen molar-refractivity contribution in [3.05, 3.63) is 11.1 Å². The van der Waals surface area contributed by atoms with Crippen LogP contribution in [-0.4, -0.2) is 23.5 Å². The summed E-state index contributed by atoms with van der Waals surface area (Å²) in [5, 5.41) is 1.02. The zero-order chi connectivity index (χ0) is 11.4. The lowest BCUT2D eigenvalue weighted by Gasteiger charge is -2.17. The molecule has 0 saturated heterocycles. The molecule has 88 valence electrons. The van der Waals surface area contributed by atoms with Crippen LogP contribution < -0.4 is 4.90 Å². The Morgan fingerprint density at radius 1 is 1.25 bits per heavy atom. The zero-order valence-electron chi connectivity index (χ0n) is 10.0. The molecule has 1 heterocycles. The summed E-state index contributed by atoms with van der Waals surface area (Å²) in [5.41, 5.74) is 0. The first kappa shape index (κ1) is 11.6. The van der Waals surface area contributed by atoms with Crippen molar-refractivity contribution in [2.45, 2.75) is 32.1 Å². The van der Waals surface area contributed by atoms with E-state index in [0.29, 0.717) is 0 Å². The Kier molecular flexibility index (Phi) is 3.93. The van der Waals surface area contributed by atoms with Crippen molar-refractivity contribution in [2.75, 3.05) is 19.0 Å². The van der Waals surface area contributed by atoms with Gasteiger partial charge in [-0.05, 0) is 36.4 Å². The zero-order valence-corrected chi connectivity index (χ0v) is 10.8. The van der Waals surface area contributed by atoms with Gasteiger partial charge in [-0.3, -0.25) is 0 Å². The second-order valence-corrected chi connectivity index (χ2v) is 5.37. The molecule has 0 bridgehead atoms. The molecule has 0 aliphatic heterocycles. The average molecular weight is 237 g/mol. The van der Waals surface area contributed by atoms with Crippen LogP contribution in [0, 0.1) is 5.92 Å². The summed E-state index contributed by atoms with van der Waals surface area (Å²) in [4.78, 5) is 6.38. The Balaban J connectivity index is 1.94. The highest BCUT2D eigenvalue weighted by Gasteiger charge is 2.10. The van der Waals surface area contributed by atoms with Gasteiger partial charge in [0.05, 0.1) is 0 Å². The minimum Gasteiger partial charge on any atom is -0.346 e. The normalized spacial score (nSPS) is 18.1. The van der Waals surface area contributed by atoms with E-state index in [2.05, 4.69) is 21.5 Å². The maximum atomic E-state index is 4.44. The lowest BCUT2D eigenvalue weighted by molar-refractivity contribution is 0.420. The third-order valence-corrected chi connectivity index (χ3v) is 3.66. The fourth-order valence-electron chi connectivity index (χ4n) is 2.02. The maximum absolute atomic E-state index is 4.44. The quantitative estimate of drug-likeness (QED) is 0.808. The van der Waals surface area contributed by atoms with E-state index in [1.807, 2.05) is 19.0 Å². The first-order valence-corrected chi connectivity index (χ1v) is 6.72. The summed E-state index contributed by atoms with van der Waals surface area (Å²) >= 11 is 1.48. The Labute approximate surface area is 101 Å². The van der Waals surface area contributed by atoms with E-state index in [9.17, 15) is 0 Å². The van der Waals surface area contributed by atoms with Gasteiger partial charge in [-0.1, -0.05) is 25.3 Å². The lowest BCUT2D eigenvalue weighted by atomic mass is 9.89. The number of aromatic nitrogens is 2. The van der Waals surface area contributed by atoms with E-state index in [1.54, 1.807) is 0 Å². The molecule has 0 amide bonds. The van der Waals surface area contributed by atoms with Crippen LogP contribution in [0.3, 0.4) is 0 Å². The van der Waals surface area contributed by atoms with E-state index in [0.717, 1.165) is 16.9 Å². The molecule has 0 unspecified atom stereocenters. The van der Waals surface area contributed by atoms with E-state index in [-0.39, 0.29) is 0 Å². The fraction of sp³-hybridized carbons (Fsp3) is 0.667. The van der Waals surface area contributed by atoms with E-state index in [4.69, 9.17) is 0 Å². The van der Waals surface area contributed by atoms with Crippen LogP contribution in [0.2, 0.25) is 0 Å². The molecule has 0 aromatic carbocycles. The molecule has 1 aromatic heterocycles. The Hall–Kier alpha value is -0.900. The summed E-state index contributed by atoms with van der Waals surface area (Å²) in [6.45, 7) is 0. The van der Waals surface area contributed by atoms with Crippen molar-refractivity contribution < 1.29 is 0 Å². The van der Waals surface area contributed by atoms with Gasteiger partial charge in [0, 0.05) is 14.1 Å². The van der Waals surface area contributed by atoms with Gasteiger partial charge in [-0.15, -0.1) is 0 Å². The maximum Gasteiger partial charge on any atom is 0.237 e. The number of allylic oxidation sites excluding steroid dienone is 1. The van der Waals surface area contributed by atoms with Crippen LogP contribution in [0.1, 0.15) is 37.1 Å². The van der Waals surface area contributed by atoms with Crippen molar-refractivity contribution in [3.63, 3.8) is 0 Å². The van der Waals surface area contributed by atoms with Crippen molar-refractivity contribution in [3.8, 4) is 0 Å². The van der Waals surface area contributed by atoms with Gasteiger partial charge in [0.2, 0.25) is 5.95 Å². The Morgan fingerprint density at radius 3 is 2.62 bits per heavy atom. The van der Waals surface area contributed by atoms with Crippen molar-refractivity contribution in [1.29, 1.82) is 0 Å². The summed E-state index contributed by atoms with van der Waals surface area (Å²) < 4.78 is 4.28. The molecule has 2 rings (SSSR count). The number of anilines is 1. The number of rotatable bonds is 3. The van der Waals surface area contributed by atoms with Crippen LogP contribution in [0.4, 0.5) is 5.95 Å². The molecule has 3 nitrogen and oxygen atoms in total.